The quantitative estimate of drug-likeness (QED) is 0.414. The number of halogens is 1. The third kappa shape index (κ3) is 5.10. The van der Waals surface area contributed by atoms with Crippen LogP contribution in [0.25, 0.3) is 10.9 Å². The number of hydrogen-bond acceptors (Lipinski definition) is 4. The summed E-state index contributed by atoms with van der Waals surface area (Å²) in [6.45, 7) is 3.03. The van der Waals surface area contributed by atoms with Crippen LogP contribution in [0.4, 0.5) is 0 Å². The first kappa shape index (κ1) is 21.2. The van der Waals surface area contributed by atoms with E-state index in [-0.39, 0.29) is 0 Å². The topological polar surface area (TPSA) is 83.6 Å². The van der Waals surface area contributed by atoms with Crippen LogP contribution in [-0.2, 0) is 17.8 Å². The van der Waals surface area contributed by atoms with Crippen LogP contribution in [-0.4, -0.2) is 35.8 Å². The number of aromatic nitrogens is 1. The largest absolute Gasteiger partial charge is 0.493 e. The minimum Gasteiger partial charge on any atom is -0.493 e. The van der Waals surface area contributed by atoms with E-state index in [9.17, 15) is 9.90 Å². The second-order valence-electron chi connectivity index (χ2n) is 6.79. The smallest absolute Gasteiger partial charge is 0.321 e. The molecular weight excluding hydrogens is 436 g/mol. The summed E-state index contributed by atoms with van der Waals surface area (Å²) in [5.74, 6) is 0.393. The normalized spacial score (nSPS) is 12.1. The van der Waals surface area contributed by atoms with Crippen LogP contribution in [0.5, 0.6) is 11.5 Å². The van der Waals surface area contributed by atoms with Gasteiger partial charge in [0.05, 0.1) is 18.2 Å². The van der Waals surface area contributed by atoms with Gasteiger partial charge in [-0.3, -0.25) is 4.79 Å². The molecule has 29 heavy (non-hydrogen) atoms. The van der Waals surface area contributed by atoms with Gasteiger partial charge in [-0.1, -0.05) is 25.1 Å². The van der Waals surface area contributed by atoms with Crippen molar-refractivity contribution in [1.29, 1.82) is 0 Å². The van der Waals surface area contributed by atoms with Gasteiger partial charge in [0.2, 0.25) is 0 Å². The van der Waals surface area contributed by atoms with Crippen LogP contribution >= 0.6 is 15.9 Å². The number of nitrogens with one attached hydrogen (secondary N) is 2. The predicted octanol–water partition coefficient (Wildman–Crippen LogP) is 4.51. The molecule has 2 aromatic carbocycles. The summed E-state index contributed by atoms with van der Waals surface area (Å²) in [6.07, 6.45) is 3.16. The molecule has 154 valence electrons. The number of carboxylic acids is 1. The lowest BCUT2D eigenvalue weighted by molar-refractivity contribution is -0.139. The molecule has 6 nitrogen and oxygen atoms in total. The molecular formula is C22H25BrN2O4. The van der Waals surface area contributed by atoms with E-state index in [0.29, 0.717) is 31.1 Å². The average molecular weight is 461 g/mol. The number of hydrogen-bond donors (Lipinski definition) is 3. The van der Waals surface area contributed by atoms with Gasteiger partial charge in [-0.15, -0.1) is 0 Å². The number of aromatic amines is 1. The monoisotopic (exact) mass is 460 g/mol. The van der Waals surface area contributed by atoms with Gasteiger partial charge in [0.1, 0.15) is 6.04 Å². The molecule has 0 spiro atoms. The number of ether oxygens (including phenoxy) is 2. The van der Waals surface area contributed by atoms with Gasteiger partial charge >= 0.3 is 5.97 Å². The number of para-hydroxylation sites is 1. The van der Waals surface area contributed by atoms with Crippen molar-refractivity contribution in [1.82, 2.24) is 10.3 Å². The van der Waals surface area contributed by atoms with E-state index < -0.39 is 12.0 Å². The lowest BCUT2D eigenvalue weighted by Gasteiger charge is -2.17. The van der Waals surface area contributed by atoms with Crippen LogP contribution in [0.15, 0.2) is 47.1 Å². The molecule has 1 aromatic heterocycles. The van der Waals surface area contributed by atoms with Crippen LogP contribution in [0.2, 0.25) is 0 Å². The Balaban J connectivity index is 1.73. The van der Waals surface area contributed by atoms with Crippen molar-refractivity contribution < 1.29 is 19.4 Å². The highest BCUT2D eigenvalue weighted by molar-refractivity contribution is 9.10. The van der Waals surface area contributed by atoms with Gasteiger partial charge in [0.25, 0.3) is 0 Å². The highest BCUT2D eigenvalue weighted by Crippen LogP contribution is 2.36. The maximum Gasteiger partial charge on any atom is 0.321 e. The number of carboxylic acid groups (broad SMARTS) is 1. The molecule has 0 aliphatic rings. The standard InChI is InChI=1S/C22H25BrN2O4/c1-3-8-29-21-17(23)9-14(10-20(21)28-2)12-24-19(22(26)27)11-15-13-25-18-7-5-4-6-16(15)18/h4-7,9-10,13,19,24-25H,3,8,11-12H2,1-2H3,(H,26,27)/t19-/m0/s1. The first-order valence-electron chi connectivity index (χ1n) is 9.53. The minimum atomic E-state index is -0.885. The third-order valence-corrected chi connectivity index (χ3v) is 5.28. The first-order valence-corrected chi connectivity index (χ1v) is 10.3. The molecule has 0 aliphatic carbocycles. The van der Waals surface area contributed by atoms with E-state index in [0.717, 1.165) is 32.9 Å². The lowest BCUT2D eigenvalue weighted by Crippen LogP contribution is -2.38. The molecule has 0 fully saturated rings. The van der Waals surface area contributed by atoms with Gasteiger partial charge in [-0.25, -0.2) is 0 Å². The molecule has 0 radical (unpaired) electrons. The Morgan fingerprint density at radius 3 is 2.83 bits per heavy atom. The van der Waals surface area contributed by atoms with Crippen molar-refractivity contribution in [2.75, 3.05) is 13.7 Å². The zero-order valence-electron chi connectivity index (χ0n) is 16.5. The number of methoxy groups -OCH3 is 1. The lowest BCUT2D eigenvalue weighted by atomic mass is 10.0. The maximum atomic E-state index is 11.8. The molecule has 0 bridgehead atoms. The zero-order chi connectivity index (χ0) is 20.8. The molecule has 3 N–H and O–H groups in total. The minimum absolute atomic E-state index is 0.384. The Kier molecular flexibility index (Phi) is 7.17. The van der Waals surface area contributed by atoms with Gasteiger partial charge in [0, 0.05) is 30.1 Å². The van der Waals surface area contributed by atoms with Crippen LogP contribution < -0.4 is 14.8 Å². The molecule has 0 amide bonds. The number of benzene rings is 2. The summed E-state index contributed by atoms with van der Waals surface area (Å²) in [6, 6.07) is 11.0. The number of aliphatic carboxylic acids is 1. The van der Waals surface area contributed by atoms with E-state index in [1.54, 1.807) is 7.11 Å². The van der Waals surface area contributed by atoms with Crippen LogP contribution in [0.1, 0.15) is 24.5 Å². The Morgan fingerprint density at radius 1 is 1.31 bits per heavy atom. The molecule has 0 aliphatic heterocycles. The van der Waals surface area contributed by atoms with Crippen molar-refractivity contribution in [3.8, 4) is 11.5 Å². The molecule has 0 saturated heterocycles. The van der Waals surface area contributed by atoms with Crippen LogP contribution in [0.3, 0.4) is 0 Å². The van der Waals surface area contributed by atoms with E-state index in [1.807, 2.05) is 49.5 Å². The highest BCUT2D eigenvalue weighted by atomic mass is 79.9. The summed E-state index contributed by atoms with van der Waals surface area (Å²) in [4.78, 5) is 15.0. The van der Waals surface area contributed by atoms with E-state index in [2.05, 4.69) is 26.2 Å². The van der Waals surface area contributed by atoms with Crippen molar-refractivity contribution in [3.63, 3.8) is 0 Å². The van der Waals surface area contributed by atoms with E-state index >= 15 is 0 Å². The van der Waals surface area contributed by atoms with E-state index in [1.165, 1.54) is 0 Å². The Bertz CT molecular complexity index is 986. The number of fused-ring (bicyclic) bond motifs is 1. The fourth-order valence-corrected chi connectivity index (χ4v) is 3.83. The Morgan fingerprint density at radius 2 is 2.10 bits per heavy atom. The van der Waals surface area contributed by atoms with Crippen molar-refractivity contribution in [2.24, 2.45) is 0 Å². The van der Waals surface area contributed by atoms with Gasteiger partial charge in [-0.05, 0) is 51.7 Å². The van der Waals surface area contributed by atoms with Crippen LogP contribution in [0, 0.1) is 0 Å². The van der Waals surface area contributed by atoms with Gasteiger partial charge < -0.3 is 24.9 Å². The molecule has 7 heteroatoms. The maximum absolute atomic E-state index is 11.8. The van der Waals surface area contributed by atoms with Crippen molar-refractivity contribution in [3.05, 3.63) is 58.2 Å². The predicted molar refractivity (Wildman–Crippen MR) is 117 cm³/mol. The zero-order valence-corrected chi connectivity index (χ0v) is 18.1. The summed E-state index contributed by atoms with van der Waals surface area (Å²) >= 11 is 3.53. The summed E-state index contributed by atoms with van der Waals surface area (Å²) in [7, 11) is 1.59. The third-order valence-electron chi connectivity index (χ3n) is 4.69. The van der Waals surface area contributed by atoms with E-state index in [4.69, 9.17) is 9.47 Å². The molecule has 3 aromatic rings. The Labute approximate surface area is 178 Å². The number of rotatable bonds is 10. The second-order valence-corrected chi connectivity index (χ2v) is 7.65. The fraction of sp³-hybridized carbons (Fsp3) is 0.318. The Hall–Kier alpha value is -2.51. The molecule has 0 unspecified atom stereocenters. The van der Waals surface area contributed by atoms with Crippen molar-refractivity contribution >= 4 is 32.8 Å². The average Bonchev–Trinajstić information content (AvgIpc) is 3.12. The summed E-state index contributed by atoms with van der Waals surface area (Å²) in [5, 5.41) is 13.9. The van der Waals surface area contributed by atoms with Gasteiger partial charge in [-0.2, -0.15) is 0 Å². The van der Waals surface area contributed by atoms with Crippen molar-refractivity contribution in [2.45, 2.75) is 32.4 Å². The summed E-state index contributed by atoms with van der Waals surface area (Å²) < 4.78 is 12.0. The van der Waals surface area contributed by atoms with Gasteiger partial charge in [0.15, 0.2) is 11.5 Å². The molecule has 3 rings (SSSR count). The molecule has 0 saturated carbocycles. The molecule has 1 heterocycles. The number of carbonyl (C=O) groups is 1. The molecule has 1 atom stereocenters. The summed E-state index contributed by atoms with van der Waals surface area (Å²) in [5.41, 5.74) is 2.88. The fourth-order valence-electron chi connectivity index (χ4n) is 3.23. The number of H-pyrrole nitrogens is 1. The second kappa shape index (κ2) is 9.80. The highest BCUT2D eigenvalue weighted by Gasteiger charge is 2.20. The first-order chi connectivity index (χ1) is 14.0. The SMILES string of the molecule is CCCOc1c(Br)cc(CN[C@@H](Cc2c[nH]c3ccccc23)C(=O)O)cc1OC.